The molecule has 2 aromatic carbocycles. The molecule has 0 aliphatic heterocycles. The molecule has 2 heterocycles. The standard InChI is InChI=1S/C28H35FN6O2/c1-6-25(26-31-32-33-35(26)28(4,5)7-2)34(17-19-9-11-22(29)12-10-19)18-21-15-20-16-23(37-8-3)13-14-24(20)30-27(21)36/h9-16,25H,6-8,17-18H2,1-5H3,(H,30,36). The molecule has 0 radical (unpaired) electrons. The fraction of sp³-hybridized carbons (Fsp3) is 0.429. The topological polar surface area (TPSA) is 88.9 Å². The molecular formula is C28H35FN6O2. The molecule has 1 N–H and O–H groups in total. The molecule has 0 aliphatic rings. The second-order valence-electron chi connectivity index (χ2n) is 9.88. The Balaban J connectivity index is 1.77. The number of ether oxygens (including phenoxy) is 1. The summed E-state index contributed by atoms with van der Waals surface area (Å²) in [5.74, 6) is 1.21. The van der Waals surface area contributed by atoms with Crippen LogP contribution in [0.5, 0.6) is 5.75 Å². The maximum Gasteiger partial charge on any atom is 0.252 e. The number of rotatable bonds is 11. The SMILES string of the molecule is CCOc1ccc2[nH]c(=O)c(CN(Cc3ccc(F)cc3)C(CC)c3nnnn3C(C)(C)CC)cc2c1. The zero-order valence-electron chi connectivity index (χ0n) is 22.2. The number of benzene rings is 2. The highest BCUT2D eigenvalue weighted by Gasteiger charge is 2.31. The highest BCUT2D eigenvalue weighted by molar-refractivity contribution is 5.80. The minimum Gasteiger partial charge on any atom is -0.494 e. The van der Waals surface area contributed by atoms with Gasteiger partial charge in [-0.3, -0.25) is 9.69 Å². The molecule has 37 heavy (non-hydrogen) atoms. The van der Waals surface area contributed by atoms with E-state index in [1.54, 1.807) is 12.1 Å². The van der Waals surface area contributed by atoms with Gasteiger partial charge in [0.25, 0.3) is 5.56 Å². The summed E-state index contributed by atoms with van der Waals surface area (Å²) in [6, 6.07) is 13.8. The van der Waals surface area contributed by atoms with E-state index in [2.05, 4.69) is 53.1 Å². The third-order valence-corrected chi connectivity index (χ3v) is 6.93. The largest absolute Gasteiger partial charge is 0.494 e. The van der Waals surface area contributed by atoms with Gasteiger partial charge in [-0.1, -0.05) is 26.0 Å². The van der Waals surface area contributed by atoms with Gasteiger partial charge in [-0.25, -0.2) is 9.07 Å². The Morgan fingerprint density at radius 3 is 2.51 bits per heavy atom. The lowest BCUT2D eigenvalue weighted by Gasteiger charge is -2.33. The number of hydrogen-bond acceptors (Lipinski definition) is 6. The van der Waals surface area contributed by atoms with Crippen LogP contribution in [-0.2, 0) is 18.6 Å². The number of H-pyrrole nitrogens is 1. The number of halogens is 1. The van der Waals surface area contributed by atoms with Crippen LogP contribution in [0.1, 0.15) is 70.5 Å². The van der Waals surface area contributed by atoms with E-state index < -0.39 is 0 Å². The summed E-state index contributed by atoms with van der Waals surface area (Å²) in [7, 11) is 0. The average Bonchev–Trinajstić information content (AvgIpc) is 3.37. The molecule has 4 rings (SSSR count). The van der Waals surface area contributed by atoms with Gasteiger partial charge >= 0.3 is 0 Å². The fourth-order valence-electron chi connectivity index (χ4n) is 4.51. The number of fused-ring (bicyclic) bond motifs is 1. The van der Waals surface area contributed by atoms with Crippen molar-refractivity contribution >= 4 is 10.9 Å². The lowest BCUT2D eigenvalue weighted by atomic mass is 10.0. The Bertz CT molecular complexity index is 1400. The summed E-state index contributed by atoms with van der Waals surface area (Å²) in [5.41, 5.74) is 1.89. The van der Waals surface area contributed by atoms with E-state index in [-0.39, 0.29) is 23.0 Å². The van der Waals surface area contributed by atoms with Crippen LogP contribution in [0.3, 0.4) is 0 Å². The summed E-state index contributed by atoms with van der Waals surface area (Å²) in [6.07, 6.45) is 1.58. The zero-order valence-corrected chi connectivity index (χ0v) is 22.2. The van der Waals surface area contributed by atoms with E-state index in [0.29, 0.717) is 25.3 Å². The van der Waals surface area contributed by atoms with Crippen LogP contribution in [0.15, 0.2) is 53.3 Å². The highest BCUT2D eigenvalue weighted by Crippen LogP contribution is 2.30. The van der Waals surface area contributed by atoms with Crippen molar-refractivity contribution in [3.8, 4) is 5.75 Å². The number of nitrogens with zero attached hydrogens (tertiary/aromatic N) is 5. The molecule has 0 saturated heterocycles. The second kappa shape index (κ2) is 11.2. The van der Waals surface area contributed by atoms with E-state index in [1.807, 2.05) is 35.9 Å². The van der Waals surface area contributed by atoms with Crippen LogP contribution < -0.4 is 10.3 Å². The fourth-order valence-corrected chi connectivity index (χ4v) is 4.51. The van der Waals surface area contributed by atoms with E-state index in [0.717, 1.165) is 40.9 Å². The predicted molar refractivity (Wildman–Crippen MR) is 142 cm³/mol. The first-order valence-corrected chi connectivity index (χ1v) is 12.8. The monoisotopic (exact) mass is 506 g/mol. The molecule has 0 spiro atoms. The van der Waals surface area contributed by atoms with Crippen LogP contribution in [0.25, 0.3) is 10.9 Å². The first-order valence-electron chi connectivity index (χ1n) is 12.8. The average molecular weight is 507 g/mol. The van der Waals surface area contributed by atoms with E-state index in [9.17, 15) is 9.18 Å². The van der Waals surface area contributed by atoms with Crippen LogP contribution in [0.2, 0.25) is 0 Å². The number of nitrogens with one attached hydrogen (secondary N) is 1. The van der Waals surface area contributed by atoms with Crippen LogP contribution in [0.4, 0.5) is 4.39 Å². The molecule has 8 nitrogen and oxygen atoms in total. The molecule has 1 unspecified atom stereocenters. The van der Waals surface area contributed by atoms with Gasteiger partial charge < -0.3 is 9.72 Å². The molecule has 0 amide bonds. The third-order valence-electron chi connectivity index (χ3n) is 6.93. The van der Waals surface area contributed by atoms with Gasteiger partial charge in [0.15, 0.2) is 5.82 Å². The second-order valence-corrected chi connectivity index (χ2v) is 9.88. The van der Waals surface area contributed by atoms with Crippen molar-refractivity contribution in [1.29, 1.82) is 0 Å². The minimum atomic E-state index is -0.285. The van der Waals surface area contributed by atoms with Crippen LogP contribution in [-0.4, -0.2) is 36.7 Å². The van der Waals surface area contributed by atoms with Crippen molar-refractivity contribution in [3.63, 3.8) is 0 Å². The lowest BCUT2D eigenvalue weighted by Crippen LogP contribution is -2.36. The normalized spacial score (nSPS) is 12.8. The first-order chi connectivity index (χ1) is 17.7. The molecule has 2 aromatic heterocycles. The van der Waals surface area contributed by atoms with Crippen molar-refractivity contribution in [2.24, 2.45) is 0 Å². The number of hydrogen-bond donors (Lipinski definition) is 1. The van der Waals surface area contributed by atoms with Crippen LogP contribution in [0, 0.1) is 5.82 Å². The Hall–Kier alpha value is -3.59. The van der Waals surface area contributed by atoms with E-state index >= 15 is 0 Å². The molecule has 196 valence electrons. The summed E-state index contributed by atoms with van der Waals surface area (Å²) in [5, 5.41) is 13.6. The van der Waals surface area contributed by atoms with Gasteiger partial charge in [0.05, 0.1) is 18.2 Å². The smallest absolute Gasteiger partial charge is 0.252 e. The summed E-state index contributed by atoms with van der Waals surface area (Å²) < 4.78 is 21.2. The lowest BCUT2D eigenvalue weighted by molar-refractivity contribution is 0.150. The molecule has 1 atom stereocenters. The quantitative estimate of drug-likeness (QED) is 0.295. The van der Waals surface area contributed by atoms with Crippen molar-refractivity contribution < 1.29 is 9.13 Å². The molecule has 9 heteroatoms. The van der Waals surface area contributed by atoms with Gasteiger partial charge in [-0.15, -0.1) is 5.10 Å². The van der Waals surface area contributed by atoms with E-state index in [1.165, 1.54) is 12.1 Å². The zero-order chi connectivity index (χ0) is 26.6. The van der Waals surface area contributed by atoms with E-state index in [4.69, 9.17) is 4.74 Å². The Morgan fingerprint density at radius 1 is 1.08 bits per heavy atom. The maximum absolute atomic E-state index is 13.6. The van der Waals surface area contributed by atoms with Gasteiger partial charge in [0.1, 0.15) is 11.6 Å². The van der Waals surface area contributed by atoms with Crippen molar-refractivity contribution in [3.05, 3.63) is 81.7 Å². The van der Waals surface area contributed by atoms with Gasteiger partial charge in [-0.05, 0) is 86.0 Å². The Labute approximate surface area is 216 Å². The summed E-state index contributed by atoms with van der Waals surface area (Å²) >= 11 is 0. The number of tetrazole rings is 1. The first kappa shape index (κ1) is 26.5. The third kappa shape index (κ3) is 5.88. The number of aromatic nitrogens is 5. The molecular weight excluding hydrogens is 471 g/mol. The van der Waals surface area contributed by atoms with Gasteiger partial charge in [-0.2, -0.15) is 0 Å². The molecule has 4 aromatic rings. The Morgan fingerprint density at radius 2 is 1.84 bits per heavy atom. The van der Waals surface area contributed by atoms with Crippen LogP contribution >= 0.6 is 0 Å². The van der Waals surface area contributed by atoms with Crippen molar-refractivity contribution in [2.75, 3.05) is 6.61 Å². The number of aromatic amines is 1. The van der Waals surface area contributed by atoms with Crippen molar-refractivity contribution in [2.45, 2.75) is 72.1 Å². The Kier molecular flexibility index (Phi) is 8.02. The number of pyridine rings is 1. The van der Waals surface area contributed by atoms with Crippen molar-refractivity contribution in [1.82, 2.24) is 30.1 Å². The predicted octanol–water partition coefficient (Wildman–Crippen LogP) is 5.35. The highest BCUT2D eigenvalue weighted by atomic mass is 19.1. The summed E-state index contributed by atoms with van der Waals surface area (Å²) in [6.45, 7) is 11.8. The van der Waals surface area contributed by atoms with Gasteiger partial charge in [0, 0.05) is 29.6 Å². The molecule has 0 aliphatic carbocycles. The maximum atomic E-state index is 13.6. The van der Waals surface area contributed by atoms with Gasteiger partial charge in [0.2, 0.25) is 0 Å². The molecule has 0 bridgehead atoms. The molecule has 0 saturated carbocycles. The minimum absolute atomic E-state index is 0.149. The molecule has 0 fully saturated rings. The summed E-state index contributed by atoms with van der Waals surface area (Å²) in [4.78, 5) is 18.3.